The number of nitrogens with zero attached hydrogens (tertiary/aromatic N) is 2. The highest BCUT2D eigenvalue weighted by Gasteiger charge is 2.20. The Bertz CT molecular complexity index is 722. The van der Waals surface area contributed by atoms with E-state index in [-0.39, 0.29) is 12.1 Å². The van der Waals surface area contributed by atoms with Crippen LogP contribution >= 0.6 is 0 Å². The first-order valence-electron chi connectivity index (χ1n) is 10.1. The fourth-order valence-corrected chi connectivity index (χ4v) is 3.62. The Kier molecular flexibility index (Phi) is 7.46. The molecule has 5 heteroatoms. The van der Waals surface area contributed by atoms with Crippen LogP contribution < -0.4 is 10.6 Å². The maximum Gasteiger partial charge on any atom is 0.315 e. The van der Waals surface area contributed by atoms with Gasteiger partial charge in [-0.1, -0.05) is 54.6 Å². The van der Waals surface area contributed by atoms with Crippen molar-refractivity contribution in [2.45, 2.75) is 38.5 Å². The summed E-state index contributed by atoms with van der Waals surface area (Å²) in [5.74, 6) is 0. The summed E-state index contributed by atoms with van der Waals surface area (Å²) in [7, 11) is 4.12. The molecule has 0 bridgehead atoms. The molecule has 1 aliphatic heterocycles. The van der Waals surface area contributed by atoms with E-state index >= 15 is 0 Å². The van der Waals surface area contributed by atoms with Crippen LogP contribution in [0.2, 0.25) is 0 Å². The van der Waals surface area contributed by atoms with Gasteiger partial charge < -0.3 is 15.5 Å². The highest BCUT2D eigenvalue weighted by Crippen LogP contribution is 2.14. The first kappa shape index (κ1) is 20.4. The molecule has 1 aliphatic rings. The highest BCUT2D eigenvalue weighted by atomic mass is 16.2. The average Bonchev–Trinajstić information content (AvgIpc) is 2.69. The molecular formula is C23H32N4O. The minimum atomic E-state index is -0.0705. The number of rotatable bonds is 7. The van der Waals surface area contributed by atoms with Crippen LogP contribution in [0.1, 0.15) is 29.5 Å². The van der Waals surface area contributed by atoms with Gasteiger partial charge in [-0.2, -0.15) is 0 Å². The van der Waals surface area contributed by atoms with Gasteiger partial charge in [-0.15, -0.1) is 0 Å². The molecule has 1 heterocycles. The van der Waals surface area contributed by atoms with E-state index in [4.69, 9.17) is 0 Å². The lowest BCUT2D eigenvalue weighted by molar-refractivity contribution is 0.186. The summed E-state index contributed by atoms with van der Waals surface area (Å²) >= 11 is 0. The van der Waals surface area contributed by atoms with E-state index in [2.05, 4.69) is 89.1 Å². The summed E-state index contributed by atoms with van der Waals surface area (Å²) in [4.78, 5) is 16.8. The third kappa shape index (κ3) is 6.66. The standard InChI is InChI=1S/C23H32N4O/c1-26(2)17-21-10-8-19(9-11-21)16-24-23(28)25-22-12-14-27(15-13-22)18-20-6-4-3-5-7-20/h3-11,22H,12-18H2,1-2H3,(H2,24,25,28). The number of hydrogen-bond donors (Lipinski definition) is 2. The Morgan fingerprint density at radius 1 is 0.964 bits per heavy atom. The van der Waals surface area contributed by atoms with Crippen molar-refractivity contribution in [2.24, 2.45) is 0 Å². The molecule has 2 aromatic carbocycles. The highest BCUT2D eigenvalue weighted by molar-refractivity contribution is 5.74. The zero-order valence-corrected chi connectivity index (χ0v) is 17.0. The summed E-state index contributed by atoms with van der Waals surface area (Å²) in [5, 5.41) is 6.11. The van der Waals surface area contributed by atoms with Crippen molar-refractivity contribution in [3.63, 3.8) is 0 Å². The summed E-state index contributed by atoms with van der Waals surface area (Å²) < 4.78 is 0. The van der Waals surface area contributed by atoms with Gasteiger partial charge in [-0.25, -0.2) is 4.79 Å². The normalized spacial score (nSPS) is 15.5. The predicted octanol–water partition coefficient (Wildman–Crippen LogP) is 3.21. The van der Waals surface area contributed by atoms with Gasteiger partial charge in [-0.3, -0.25) is 4.90 Å². The first-order valence-corrected chi connectivity index (χ1v) is 10.1. The van der Waals surface area contributed by atoms with Gasteiger partial charge in [0.2, 0.25) is 0 Å². The van der Waals surface area contributed by atoms with E-state index in [1.165, 1.54) is 11.1 Å². The zero-order chi connectivity index (χ0) is 19.8. The Morgan fingerprint density at radius 3 is 2.25 bits per heavy atom. The van der Waals surface area contributed by atoms with Crippen LogP contribution in [0.15, 0.2) is 54.6 Å². The molecule has 28 heavy (non-hydrogen) atoms. The lowest BCUT2D eigenvalue weighted by atomic mass is 10.0. The van der Waals surface area contributed by atoms with Crippen molar-refractivity contribution >= 4 is 6.03 Å². The molecule has 0 saturated carbocycles. The smallest absolute Gasteiger partial charge is 0.315 e. The average molecular weight is 381 g/mol. The lowest BCUT2D eigenvalue weighted by Crippen LogP contribution is -2.47. The van der Waals surface area contributed by atoms with Crippen LogP contribution in [-0.4, -0.2) is 49.1 Å². The summed E-state index contributed by atoms with van der Waals surface area (Å²) in [5.41, 5.74) is 3.75. The van der Waals surface area contributed by atoms with Crippen molar-refractivity contribution in [2.75, 3.05) is 27.2 Å². The zero-order valence-electron chi connectivity index (χ0n) is 17.0. The molecule has 150 valence electrons. The number of amides is 2. The number of hydrogen-bond acceptors (Lipinski definition) is 3. The predicted molar refractivity (Wildman–Crippen MR) is 114 cm³/mol. The second kappa shape index (κ2) is 10.2. The largest absolute Gasteiger partial charge is 0.335 e. The maximum absolute atomic E-state index is 12.2. The third-order valence-corrected chi connectivity index (χ3v) is 5.15. The van der Waals surface area contributed by atoms with Crippen molar-refractivity contribution in [3.8, 4) is 0 Å². The molecule has 0 radical (unpaired) electrons. The molecule has 0 aliphatic carbocycles. The molecule has 0 aromatic heterocycles. The fraction of sp³-hybridized carbons (Fsp3) is 0.435. The van der Waals surface area contributed by atoms with Crippen LogP contribution in [0.4, 0.5) is 4.79 Å². The van der Waals surface area contributed by atoms with E-state index in [0.29, 0.717) is 6.54 Å². The Balaban J connectivity index is 1.35. The van der Waals surface area contributed by atoms with Gasteiger partial charge >= 0.3 is 6.03 Å². The van der Waals surface area contributed by atoms with Crippen molar-refractivity contribution in [3.05, 3.63) is 71.3 Å². The van der Waals surface area contributed by atoms with Crippen LogP contribution in [-0.2, 0) is 19.6 Å². The topological polar surface area (TPSA) is 47.6 Å². The molecule has 5 nitrogen and oxygen atoms in total. The molecule has 0 unspecified atom stereocenters. The SMILES string of the molecule is CN(C)Cc1ccc(CNC(=O)NC2CCN(Cc3ccccc3)CC2)cc1. The van der Waals surface area contributed by atoms with Gasteiger partial charge in [0.1, 0.15) is 0 Å². The van der Waals surface area contributed by atoms with Gasteiger partial charge in [0, 0.05) is 38.8 Å². The number of carbonyl (C=O) groups is 1. The number of likely N-dealkylation sites (tertiary alicyclic amines) is 1. The fourth-order valence-electron chi connectivity index (χ4n) is 3.62. The van der Waals surface area contributed by atoms with Crippen LogP contribution in [0.3, 0.4) is 0 Å². The molecule has 2 N–H and O–H groups in total. The molecule has 0 spiro atoms. The summed E-state index contributed by atoms with van der Waals surface area (Å²) in [6.45, 7) is 4.52. The van der Waals surface area contributed by atoms with E-state index in [9.17, 15) is 4.79 Å². The Hall–Kier alpha value is -2.37. The second-order valence-electron chi connectivity index (χ2n) is 7.92. The molecule has 1 fully saturated rings. The van der Waals surface area contributed by atoms with E-state index in [1.54, 1.807) is 0 Å². The van der Waals surface area contributed by atoms with Crippen LogP contribution in [0.25, 0.3) is 0 Å². The quantitative estimate of drug-likeness (QED) is 0.775. The number of piperidine rings is 1. The van der Waals surface area contributed by atoms with Crippen molar-refractivity contribution in [1.82, 2.24) is 20.4 Å². The Labute approximate surface area is 168 Å². The van der Waals surface area contributed by atoms with Crippen molar-refractivity contribution < 1.29 is 4.79 Å². The molecule has 3 rings (SSSR count). The number of nitrogens with one attached hydrogen (secondary N) is 2. The third-order valence-electron chi connectivity index (χ3n) is 5.15. The van der Waals surface area contributed by atoms with E-state index in [0.717, 1.165) is 44.6 Å². The van der Waals surface area contributed by atoms with Crippen LogP contribution in [0.5, 0.6) is 0 Å². The first-order chi connectivity index (χ1) is 13.6. The van der Waals surface area contributed by atoms with Crippen molar-refractivity contribution in [1.29, 1.82) is 0 Å². The van der Waals surface area contributed by atoms with Gasteiger partial charge in [-0.05, 0) is 43.6 Å². The molecule has 2 amide bonds. The lowest BCUT2D eigenvalue weighted by Gasteiger charge is -2.32. The van der Waals surface area contributed by atoms with Gasteiger partial charge in [0.25, 0.3) is 0 Å². The molecule has 1 saturated heterocycles. The Morgan fingerprint density at radius 2 is 1.61 bits per heavy atom. The molecular weight excluding hydrogens is 348 g/mol. The van der Waals surface area contributed by atoms with Crippen LogP contribution in [0, 0.1) is 0 Å². The van der Waals surface area contributed by atoms with E-state index < -0.39 is 0 Å². The summed E-state index contributed by atoms with van der Waals surface area (Å²) in [6, 6.07) is 19.2. The number of carbonyl (C=O) groups excluding carboxylic acids is 1. The maximum atomic E-state index is 12.2. The molecule has 2 aromatic rings. The monoisotopic (exact) mass is 380 g/mol. The van der Waals surface area contributed by atoms with E-state index in [1.807, 2.05) is 0 Å². The summed E-state index contributed by atoms with van der Waals surface area (Å²) in [6.07, 6.45) is 2.00. The minimum Gasteiger partial charge on any atom is -0.335 e. The minimum absolute atomic E-state index is 0.0705. The molecule has 0 atom stereocenters. The second-order valence-corrected chi connectivity index (χ2v) is 7.92. The number of benzene rings is 2. The van der Waals surface area contributed by atoms with Gasteiger partial charge in [0.15, 0.2) is 0 Å². The van der Waals surface area contributed by atoms with Gasteiger partial charge in [0.05, 0.1) is 0 Å². The number of urea groups is 1.